The van der Waals surface area contributed by atoms with Gasteiger partial charge in [-0.2, -0.15) is 10.2 Å². The zero-order valence-corrected chi connectivity index (χ0v) is 10.7. The van der Waals surface area contributed by atoms with Gasteiger partial charge in [-0.1, -0.05) is 30.3 Å². The molecular weight excluding hydrogens is 236 g/mol. The lowest BCUT2D eigenvalue weighted by molar-refractivity contribution is 0.727. The van der Waals surface area contributed by atoms with Crippen LogP contribution in [-0.4, -0.2) is 19.7 Å². The number of nitrogens with zero attached hydrogens (tertiary/aromatic N) is 4. The first-order chi connectivity index (χ1) is 9.33. The molecule has 0 aliphatic carbocycles. The predicted octanol–water partition coefficient (Wildman–Crippen LogP) is 2.70. The van der Waals surface area contributed by atoms with Crippen LogP contribution in [0, 0.1) is 6.92 Å². The van der Waals surface area contributed by atoms with E-state index in [0.717, 1.165) is 22.6 Å². The van der Waals surface area contributed by atoms with E-state index in [4.69, 9.17) is 0 Å². The molecule has 2 heterocycles. The maximum absolute atomic E-state index is 4.21. The van der Waals surface area contributed by atoms with Gasteiger partial charge in [-0.25, -0.2) is 4.98 Å². The van der Waals surface area contributed by atoms with Crippen molar-refractivity contribution in [2.24, 2.45) is 0 Å². The molecule has 4 nitrogen and oxygen atoms in total. The van der Waals surface area contributed by atoms with Crippen LogP contribution < -0.4 is 0 Å². The Balaban J connectivity index is 1.91. The second kappa shape index (κ2) is 5.02. The van der Waals surface area contributed by atoms with Gasteiger partial charge in [0, 0.05) is 18.0 Å². The molecule has 3 rings (SSSR count). The smallest absolute Gasteiger partial charge is 0.105 e. The van der Waals surface area contributed by atoms with Crippen LogP contribution in [0.25, 0.3) is 11.1 Å². The molecule has 0 saturated heterocycles. The van der Waals surface area contributed by atoms with Gasteiger partial charge in [0.15, 0.2) is 0 Å². The number of benzene rings is 1. The zero-order chi connectivity index (χ0) is 13.1. The highest BCUT2D eigenvalue weighted by Gasteiger charge is 2.03. The van der Waals surface area contributed by atoms with Crippen molar-refractivity contribution in [2.75, 3.05) is 0 Å². The summed E-state index contributed by atoms with van der Waals surface area (Å²) in [5.74, 6) is 0.979. The fraction of sp³-hybridized carbons (Fsp3) is 0.133. The van der Waals surface area contributed by atoms with Crippen molar-refractivity contribution in [2.45, 2.75) is 13.5 Å². The average Bonchev–Trinajstić information content (AvgIpc) is 2.86. The topological polar surface area (TPSA) is 43.6 Å². The predicted molar refractivity (Wildman–Crippen MR) is 73.5 cm³/mol. The molecule has 94 valence electrons. The quantitative estimate of drug-likeness (QED) is 0.717. The van der Waals surface area contributed by atoms with Gasteiger partial charge in [0.05, 0.1) is 18.4 Å². The number of aromatic nitrogens is 4. The van der Waals surface area contributed by atoms with Crippen molar-refractivity contribution in [3.8, 4) is 11.1 Å². The van der Waals surface area contributed by atoms with Gasteiger partial charge in [0.1, 0.15) is 5.82 Å². The molecule has 0 unspecified atom stereocenters. The third-order valence-corrected chi connectivity index (χ3v) is 3.07. The first kappa shape index (κ1) is 11.6. The Morgan fingerprint density at radius 3 is 2.68 bits per heavy atom. The molecule has 0 radical (unpaired) electrons. The number of hydrogen-bond acceptors (Lipinski definition) is 3. The zero-order valence-electron chi connectivity index (χ0n) is 10.7. The van der Waals surface area contributed by atoms with E-state index < -0.39 is 0 Å². The highest BCUT2D eigenvalue weighted by atomic mass is 15.1. The van der Waals surface area contributed by atoms with Gasteiger partial charge in [-0.05, 0) is 18.6 Å². The molecule has 0 aliphatic rings. The molecule has 0 fully saturated rings. The Labute approximate surface area is 111 Å². The standard InChI is InChI=1S/C15H14N4/c1-12-16-7-8-19(12)11-15-9-14(10-17-18-15)13-5-3-2-4-6-13/h2-10H,11H2,1H3. The van der Waals surface area contributed by atoms with Gasteiger partial charge < -0.3 is 4.57 Å². The monoisotopic (exact) mass is 250 g/mol. The summed E-state index contributed by atoms with van der Waals surface area (Å²) in [6.07, 6.45) is 5.54. The maximum atomic E-state index is 4.21. The van der Waals surface area contributed by atoms with Crippen LogP contribution in [0.3, 0.4) is 0 Å². The molecule has 19 heavy (non-hydrogen) atoms. The number of aryl methyl sites for hydroxylation is 1. The SMILES string of the molecule is Cc1nccn1Cc1cc(-c2ccccc2)cnn1. The van der Waals surface area contributed by atoms with Crippen molar-refractivity contribution in [3.05, 3.63) is 66.5 Å². The van der Waals surface area contributed by atoms with Crippen molar-refractivity contribution < 1.29 is 0 Å². The minimum atomic E-state index is 0.694. The minimum Gasteiger partial charge on any atom is -0.329 e. The van der Waals surface area contributed by atoms with Crippen LogP contribution in [0.15, 0.2) is 55.0 Å². The van der Waals surface area contributed by atoms with E-state index in [2.05, 4.69) is 37.9 Å². The number of rotatable bonds is 3. The molecule has 0 N–H and O–H groups in total. The lowest BCUT2D eigenvalue weighted by Crippen LogP contribution is -2.04. The molecule has 3 aromatic rings. The summed E-state index contributed by atoms with van der Waals surface area (Å²) in [4.78, 5) is 4.21. The summed E-state index contributed by atoms with van der Waals surface area (Å²) in [5.41, 5.74) is 3.17. The summed E-state index contributed by atoms with van der Waals surface area (Å²) >= 11 is 0. The molecule has 4 heteroatoms. The Morgan fingerprint density at radius 2 is 1.95 bits per heavy atom. The van der Waals surface area contributed by atoms with E-state index in [1.807, 2.05) is 31.3 Å². The summed E-state index contributed by atoms with van der Waals surface area (Å²) < 4.78 is 2.05. The van der Waals surface area contributed by atoms with Crippen LogP contribution in [0.4, 0.5) is 0 Å². The fourth-order valence-electron chi connectivity index (χ4n) is 2.02. The molecule has 1 aromatic carbocycles. The van der Waals surface area contributed by atoms with E-state index >= 15 is 0 Å². The average molecular weight is 250 g/mol. The second-order valence-electron chi connectivity index (χ2n) is 4.40. The summed E-state index contributed by atoms with van der Waals surface area (Å²) in [6.45, 7) is 2.67. The van der Waals surface area contributed by atoms with E-state index in [0.29, 0.717) is 6.54 Å². The summed E-state index contributed by atoms with van der Waals surface area (Å²) in [5, 5.41) is 8.27. The highest BCUT2D eigenvalue weighted by Crippen LogP contribution is 2.18. The van der Waals surface area contributed by atoms with E-state index in [1.54, 1.807) is 12.4 Å². The van der Waals surface area contributed by atoms with Crippen LogP contribution in [0.1, 0.15) is 11.5 Å². The van der Waals surface area contributed by atoms with Crippen molar-refractivity contribution in [1.29, 1.82) is 0 Å². The number of hydrogen-bond donors (Lipinski definition) is 0. The minimum absolute atomic E-state index is 0.694. The summed E-state index contributed by atoms with van der Waals surface area (Å²) in [7, 11) is 0. The van der Waals surface area contributed by atoms with Gasteiger partial charge in [0.25, 0.3) is 0 Å². The first-order valence-corrected chi connectivity index (χ1v) is 6.18. The lowest BCUT2D eigenvalue weighted by atomic mass is 10.1. The van der Waals surface area contributed by atoms with Crippen LogP contribution in [0.2, 0.25) is 0 Å². The third kappa shape index (κ3) is 2.52. The van der Waals surface area contributed by atoms with E-state index in [9.17, 15) is 0 Å². The molecule has 0 spiro atoms. The Kier molecular flexibility index (Phi) is 3.06. The molecule has 0 atom stereocenters. The lowest BCUT2D eigenvalue weighted by Gasteiger charge is -2.06. The fourth-order valence-corrected chi connectivity index (χ4v) is 2.02. The molecule has 0 saturated carbocycles. The highest BCUT2D eigenvalue weighted by molar-refractivity contribution is 5.62. The van der Waals surface area contributed by atoms with Crippen LogP contribution in [0.5, 0.6) is 0 Å². The normalized spacial score (nSPS) is 10.6. The molecule has 0 aliphatic heterocycles. The van der Waals surface area contributed by atoms with E-state index in [1.165, 1.54) is 0 Å². The largest absolute Gasteiger partial charge is 0.329 e. The first-order valence-electron chi connectivity index (χ1n) is 6.18. The van der Waals surface area contributed by atoms with Gasteiger partial charge in [-0.15, -0.1) is 0 Å². The third-order valence-electron chi connectivity index (χ3n) is 3.07. The van der Waals surface area contributed by atoms with Gasteiger partial charge in [0.2, 0.25) is 0 Å². The second-order valence-corrected chi connectivity index (χ2v) is 4.40. The maximum Gasteiger partial charge on any atom is 0.105 e. The molecule has 0 amide bonds. The van der Waals surface area contributed by atoms with Crippen LogP contribution in [-0.2, 0) is 6.54 Å². The van der Waals surface area contributed by atoms with Crippen molar-refractivity contribution in [3.63, 3.8) is 0 Å². The Morgan fingerprint density at radius 1 is 1.11 bits per heavy atom. The van der Waals surface area contributed by atoms with Crippen molar-refractivity contribution in [1.82, 2.24) is 19.7 Å². The number of imidazole rings is 1. The molecule has 2 aromatic heterocycles. The van der Waals surface area contributed by atoms with E-state index in [-0.39, 0.29) is 0 Å². The van der Waals surface area contributed by atoms with Gasteiger partial charge in [-0.3, -0.25) is 0 Å². The van der Waals surface area contributed by atoms with Crippen molar-refractivity contribution >= 4 is 0 Å². The van der Waals surface area contributed by atoms with Gasteiger partial charge >= 0.3 is 0 Å². The molecule has 0 bridgehead atoms. The summed E-state index contributed by atoms with van der Waals surface area (Å²) in [6, 6.07) is 12.3. The Bertz CT molecular complexity index is 673. The molecular formula is C15H14N4. The Hall–Kier alpha value is -2.49. The van der Waals surface area contributed by atoms with Crippen LogP contribution >= 0.6 is 0 Å².